The van der Waals surface area contributed by atoms with Crippen LogP contribution in [-0.2, 0) is 0 Å². The van der Waals surface area contributed by atoms with Crippen LogP contribution >= 0.6 is 15.9 Å². The van der Waals surface area contributed by atoms with Gasteiger partial charge in [-0.3, -0.25) is 0 Å². The van der Waals surface area contributed by atoms with Crippen LogP contribution in [0.1, 0.15) is 5.56 Å². The molecule has 0 radical (unpaired) electrons. The highest BCUT2D eigenvalue weighted by Gasteiger charge is 2.15. The van der Waals surface area contributed by atoms with E-state index in [1.165, 1.54) is 0 Å². The van der Waals surface area contributed by atoms with Crippen molar-refractivity contribution in [1.29, 1.82) is 5.26 Å². The van der Waals surface area contributed by atoms with Gasteiger partial charge in [0.2, 0.25) is 0 Å². The van der Waals surface area contributed by atoms with Crippen molar-refractivity contribution in [3.05, 3.63) is 46.4 Å². The van der Waals surface area contributed by atoms with Crippen molar-refractivity contribution in [2.24, 2.45) is 0 Å². The second-order valence-corrected chi connectivity index (χ2v) is 5.23. The minimum absolute atomic E-state index is 0.568. The Kier molecular flexibility index (Phi) is 4.71. The second-order valence-electron chi connectivity index (χ2n) is 4.38. The topological polar surface area (TPSA) is 45.5 Å². The molecule has 2 aromatic carbocycles. The summed E-state index contributed by atoms with van der Waals surface area (Å²) in [5.74, 6) is 1.48. The molecule has 0 aliphatic heterocycles. The number of benzene rings is 2. The average molecular weight is 347 g/mol. The summed E-state index contributed by atoms with van der Waals surface area (Å²) in [7, 11) is 5.17. The first-order valence-electron chi connectivity index (χ1n) is 6.26. The van der Waals surface area contributed by atoms with Crippen LogP contribution in [0, 0.1) is 11.3 Å². The van der Waals surface area contributed by atoms with Gasteiger partial charge in [0.1, 0.15) is 5.75 Å². The number of hydrogen-bond acceptors (Lipinski definition) is 4. The highest BCUT2D eigenvalue weighted by molar-refractivity contribution is 9.10. The zero-order valence-electron chi connectivity index (χ0n) is 12.1. The van der Waals surface area contributed by atoms with Gasteiger partial charge in [-0.05, 0) is 52.3 Å². The fraction of sp³-hybridized carbons (Fsp3) is 0.188. The van der Waals surface area contributed by atoms with Gasteiger partial charge < -0.3 is 14.4 Å². The third-order valence-corrected chi connectivity index (χ3v) is 3.77. The van der Waals surface area contributed by atoms with Crippen molar-refractivity contribution in [1.82, 2.24) is 0 Å². The van der Waals surface area contributed by atoms with Crippen LogP contribution in [0.2, 0.25) is 0 Å². The van der Waals surface area contributed by atoms with Gasteiger partial charge in [0.05, 0.1) is 36.0 Å². The smallest absolute Gasteiger partial charge is 0.156 e. The minimum atomic E-state index is 0.568. The number of hydrogen-bond donors (Lipinski definition) is 0. The molecule has 21 heavy (non-hydrogen) atoms. The third-order valence-electron chi connectivity index (χ3n) is 3.18. The number of halogens is 1. The van der Waals surface area contributed by atoms with Crippen LogP contribution in [0.25, 0.3) is 0 Å². The van der Waals surface area contributed by atoms with E-state index in [2.05, 4.69) is 22.0 Å². The molecule has 4 nitrogen and oxygen atoms in total. The van der Waals surface area contributed by atoms with E-state index in [4.69, 9.17) is 14.7 Å². The first-order valence-corrected chi connectivity index (χ1v) is 7.05. The highest BCUT2D eigenvalue weighted by atomic mass is 79.9. The van der Waals surface area contributed by atoms with Crippen molar-refractivity contribution in [2.45, 2.75) is 0 Å². The van der Waals surface area contributed by atoms with Crippen molar-refractivity contribution < 1.29 is 9.47 Å². The molecule has 5 heteroatoms. The van der Waals surface area contributed by atoms with Gasteiger partial charge in [-0.2, -0.15) is 5.26 Å². The molecule has 0 saturated heterocycles. The summed E-state index contributed by atoms with van der Waals surface area (Å²) in [5, 5.41) is 9.12. The van der Waals surface area contributed by atoms with E-state index < -0.39 is 0 Å². The van der Waals surface area contributed by atoms with Crippen molar-refractivity contribution in [3.63, 3.8) is 0 Å². The van der Waals surface area contributed by atoms with E-state index in [1.54, 1.807) is 26.4 Å². The summed E-state index contributed by atoms with van der Waals surface area (Å²) in [6.45, 7) is 0. The van der Waals surface area contributed by atoms with Gasteiger partial charge in [0.15, 0.2) is 5.75 Å². The summed E-state index contributed by atoms with van der Waals surface area (Å²) < 4.78 is 11.4. The fourth-order valence-corrected chi connectivity index (χ4v) is 2.65. The molecule has 0 bridgehead atoms. The van der Waals surface area contributed by atoms with E-state index in [0.29, 0.717) is 11.3 Å². The van der Waals surface area contributed by atoms with Gasteiger partial charge in [-0.25, -0.2) is 0 Å². The molecule has 0 aliphatic rings. The quantitative estimate of drug-likeness (QED) is 0.835. The lowest BCUT2D eigenvalue weighted by atomic mass is 10.1. The molecule has 0 heterocycles. The molecule has 0 spiro atoms. The number of ether oxygens (including phenoxy) is 2. The largest absolute Gasteiger partial charge is 0.497 e. The Morgan fingerprint density at radius 1 is 1.10 bits per heavy atom. The first-order chi connectivity index (χ1) is 10.1. The highest BCUT2D eigenvalue weighted by Crippen LogP contribution is 2.39. The number of anilines is 2. The lowest BCUT2D eigenvalue weighted by Crippen LogP contribution is -2.11. The van der Waals surface area contributed by atoms with Crippen molar-refractivity contribution in [3.8, 4) is 17.6 Å². The van der Waals surface area contributed by atoms with E-state index in [-0.39, 0.29) is 0 Å². The average Bonchev–Trinajstić information content (AvgIpc) is 2.53. The number of rotatable bonds is 4. The molecule has 2 aromatic rings. The fourth-order valence-electron chi connectivity index (χ4n) is 2.04. The predicted octanol–water partition coefficient (Wildman–Crippen LogP) is 4.11. The number of nitriles is 1. The molecule has 2 rings (SSSR count). The Balaban J connectivity index is 2.48. The molecule has 0 amide bonds. The molecule has 0 N–H and O–H groups in total. The number of methoxy groups -OCH3 is 2. The van der Waals surface area contributed by atoms with E-state index >= 15 is 0 Å². The Morgan fingerprint density at radius 2 is 1.76 bits per heavy atom. The summed E-state index contributed by atoms with van der Waals surface area (Å²) in [4.78, 5) is 1.96. The van der Waals surface area contributed by atoms with Crippen LogP contribution in [0.15, 0.2) is 40.9 Å². The zero-order valence-corrected chi connectivity index (χ0v) is 13.6. The first kappa shape index (κ1) is 15.2. The standard InChI is InChI=1S/C16H15BrN2O2/c1-19(12-4-6-13(20-2)7-5-12)15-9-11(10-18)8-14(17)16(15)21-3/h4-9H,1-3H3. The Morgan fingerprint density at radius 3 is 2.29 bits per heavy atom. The van der Waals surface area contributed by atoms with Gasteiger partial charge in [0.25, 0.3) is 0 Å². The molecular weight excluding hydrogens is 332 g/mol. The van der Waals surface area contributed by atoms with Crippen LogP contribution < -0.4 is 14.4 Å². The maximum atomic E-state index is 9.12. The summed E-state index contributed by atoms with van der Waals surface area (Å²) in [6.07, 6.45) is 0. The maximum Gasteiger partial charge on any atom is 0.156 e. The third kappa shape index (κ3) is 3.11. The summed E-state index contributed by atoms with van der Waals surface area (Å²) >= 11 is 3.44. The van der Waals surface area contributed by atoms with Crippen LogP contribution in [0.5, 0.6) is 11.5 Å². The summed E-state index contributed by atoms with van der Waals surface area (Å²) in [6, 6.07) is 13.4. The SMILES string of the molecule is COc1ccc(N(C)c2cc(C#N)cc(Br)c2OC)cc1. The molecule has 108 valence electrons. The van der Waals surface area contributed by atoms with Crippen LogP contribution in [0.3, 0.4) is 0 Å². The van der Waals surface area contributed by atoms with Crippen molar-refractivity contribution in [2.75, 3.05) is 26.2 Å². The van der Waals surface area contributed by atoms with Crippen molar-refractivity contribution >= 4 is 27.3 Å². The normalized spacial score (nSPS) is 9.86. The second kappa shape index (κ2) is 6.51. The maximum absolute atomic E-state index is 9.12. The molecule has 0 atom stereocenters. The molecule has 0 saturated carbocycles. The Hall–Kier alpha value is -2.19. The molecular formula is C16H15BrN2O2. The summed E-state index contributed by atoms with van der Waals surface area (Å²) in [5.41, 5.74) is 2.35. The van der Waals surface area contributed by atoms with Crippen LogP contribution in [0.4, 0.5) is 11.4 Å². The predicted molar refractivity (Wildman–Crippen MR) is 86.5 cm³/mol. The lowest BCUT2D eigenvalue weighted by molar-refractivity contribution is 0.413. The van der Waals surface area contributed by atoms with E-state index in [9.17, 15) is 0 Å². The van der Waals surface area contributed by atoms with Gasteiger partial charge >= 0.3 is 0 Å². The van der Waals surface area contributed by atoms with E-state index in [1.807, 2.05) is 36.2 Å². The zero-order chi connectivity index (χ0) is 15.4. The Labute approximate surface area is 132 Å². The molecule has 0 unspecified atom stereocenters. The Bertz CT molecular complexity index is 678. The van der Waals surface area contributed by atoms with E-state index in [0.717, 1.165) is 21.6 Å². The van der Waals surface area contributed by atoms with Gasteiger partial charge in [0, 0.05) is 12.7 Å². The monoisotopic (exact) mass is 346 g/mol. The van der Waals surface area contributed by atoms with Gasteiger partial charge in [-0.15, -0.1) is 0 Å². The van der Waals surface area contributed by atoms with Gasteiger partial charge in [-0.1, -0.05) is 0 Å². The minimum Gasteiger partial charge on any atom is -0.497 e. The number of nitrogens with zero attached hydrogens (tertiary/aromatic N) is 2. The molecule has 0 fully saturated rings. The lowest BCUT2D eigenvalue weighted by Gasteiger charge is -2.23. The van der Waals surface area contributed by atoms with Crippen LogP contribution in [-0.4, -0.2) is 21.3 Å². The molecule has 0 aliphatic carbocycles. The molecule has 0 aromatic heterocycles.